The molecule has 3 aromatic rings. The summed E-state index contributed by atoms with van der Waals surface area (Å²) in [4.78, 5) is 30.0. The molecule has 1 saturated heterocycles. The largest absolute Gasteiger partial charge is 0.389 e. The van der Waals surface area contributed by atoms with Crippen molar-refractivity contribution in [1.82, 2.24) is 14.0 Å². The van der Waals surface area contributed by atoms with Crippen molar-refractivity contribution in [3.05, 3.63) is 57.6 Å². The summed E-state index contributed by atoms with van der Waals surface area (Å²) < 4.78 is 45.9. The Labute approximate surface area is 186 Å². The molecule has 0 amide bonds. The minimum Gasteiger partial charge on any atom is -0.381 e. The fourth-order valence-corrected chi connectivity index (χ4v) is 3.81. The maximum Gasteiger partial charge on any atom is 0.389 e. The predicted octanol–water partition coefficient (Wildman–Crippen LogP) is 4.31. The number of aromatic nitrogens is 3. The zero-order valence-corrected chi connectivity index (χ0v) is 17.8. The van der Waals surface area contributed by atoms with Crippen LogP contribution in [-0.4, -0.2) is 39.1 Å². The first-order chi connectivity index (χ1) is 15.2. The Bertz CT molecular complexity index is 1180. The van der Waals surface area contributed by atoms with Crippen LogP contribution >= 0.6 is 11.6 Å². The number of imidazole rings is 1. The van der Waals surface area contributed by atoms with Gasteiger partial charge >= 0.3 is 6.18 Å². The maximum atomic E-state index is 13.0. The van der Waals surface area contributed by atoms with Gasteiger partial charge in [0, 0.05) is 60.3 Å². The van der Waals surface area contributed by atoms with Gasteiger partial charge in [-0.2, -0.15) is 13.2 Å². The third-order valence-electron chi connectivity index (χ3n) is 5.36. The first kappa shape index (κ1) is 22.5. The Hall–Kier alpha value is -2.65. The number of ether oxygens (including phenoxy) is 1. The lowest BCUT2D eigenvalue weighted by atomic mass is 9.98. The second-order valence-electron chi connectivity index (χ2n) is 8.00. The van der Waals surface area contributed by atoms with Gasteiger partial charge in [0.15, 0.2) is 0 Å². The molecule has 0 aliphatic carbocycles. The number of hydrogen-bond donors (Lipinski definition) is 0. The summed E-state index contributed by atoms with van der Waals surface area (Å²) in [5, 5.41) is 0.543. The number of rotatable bonds is 8. The van der Waals surface area contributed by atoms with Crippen molar-refractivity contribution in [3.8, 4) is 11.3 Å². The molecular weight excluding hydrogens is 447 g/mol. The lowest BCUT2D eigenvalue weighted by Gasteiger charge is -2.25. The molecule has 6 nitrogen and oxygen atoms in total. The number of aryl methyl sites for hydroxylation is 1. The van der Waals surface area contributed by atoms with E-state index < -0.39 is 18.2 Å². The van der Waals surface area contributed by atoms with Crippen LogP contribution in [0.5, 0.6) is 0 Å². The Kier molecular flexibility index (Phi) is 6.39. The number of benzene rings is 1. The van der Waals surface area contributed by atoms with Crippen LogP contribution in [-0.2, 0) is 22.5 Å². The normalized spacial score (nSPS) is 14.6. The third kappa shape index (κ3) is 5.21. The van der Waals surface area contributed by atoms with E-state index in [-0.39, 0.29) is 42.4 Å². The highest BCUT2D eigenvalue weighted by Gasteiger charge is 2.27. The van der Waals surface area contributed by atoms with E-state index >= 15 is 0 Å². The van der Waals surface area contributed by atoms with Crippen molar-refractivity contribution in [2.75, 3.05) is 13.2 Å². The number of hydrogen-bond acceptors (Lipinski definition) is 4. The average molecular weight is 468 g/mol. The molecule has 0 atom stereocenters. The van der Waals surface area contributed by atoms with Crippen LogP contribution in [0.4, 0.5) is 13.2 Å². The third-order valence-corrected chi connectivity index (χ3v) is 5.61. The molecule has 10 heteroatoms. The van der Waals surface area contributed by atoms with Crippen LogP contribution in [0.15, 0.2) is 41.5 Å². The maximum absolute atomic E-state index is 13.0. The zero-order chi connectivity index (χ0) is 22.9. The number of carbonyl (C=O) groups is 1. The minimum atomic E-state index is -4.27. The highest BCUT2D eigenvalue weighted by atomic mass is 35.5. The molecule has 0 radical (unpaired) electrons. The summed E-state index contributed by atoms with van der Waals surface area (Å²) >= 11 is 5.93. The Morgan fingerprint density at radius 3 is 2.53 bits per heavy atom. The van der Waals surface area contributed by atoms with E-state index in [4.69, 9.17) is 16.3 Å². The molecule has 0 spiro atoms. The number of fused-ring (bicyclic) bond motifs is 1. The number of alkyl halides is 3. The van der Waals surface area contributed by atoms with Crippen molar-refractivity contribution in [2.24, 2.45) is 5.92 Å². The molecule has 1 fully saturated rings. The lowest BCUT2D eigenvalue weighted by molar-refractivity contribution is -0.135. The van der Waals surface area contributed by atoms with E-state index in [1.54, 1.807) is 24.3 Å². The molecule has 0 unspecified atom stereocenters. The molecule has 3 heterocycles. The van der Waals surface area contributed by atoms with E-state index in [0.29, 0.717) is 35.9 Å². The van der Waals surface area contributed by atoms with Gasteiger partial charge in [0.05, 0.1) is 18.9 Å². The number of nitrogens with zero attached hydrogens (tertiary/aromatic N) is 3. The first-order valence-corrected chi connectivity index (χ1v) is 10.6. The molecular formula is C22H21ClF3N3O3. The second kappa shape index (κ2) is 9.07. The van der Waals surface area contributed by atoms with Gasteiger partial charge in [-0.15, -0.1) is 0 Å². The monoisotopic (exact) mass is 467 g/mol. The van der Waals surface area contributed by atoms with Crippen molar-refractivity contribution in [3.63, 3.8) is 0 Å². The lowest BCUT2D eigenvalue weighted by Crippen LogP contribution is -2.31. The number of ketones is 1. The van der Waals surface area contributed by atoms with Crippen LogP contribution in [0.2, 0.25) is 5.02 Å². The van der Waals surface area contributed by atoms with Gasteiger partial charge in [-0.25, -0.2) is 4.98 Å². The van der Waals surface area contributed by atoms with Crippen LogP contribution < -0.4 is 5.56 Å². The van der Waals surface area contributed by atoms with Gasteiger partial charge in [0.1, 0.15) is 5.78 Å². The quantitative estimate of drug-likeness (QED) is 0.495. The van der Waals surface area contributed by atoms with Gasteiger partial charge < -0.3 is 9.30 Å². The highest BCUT2D eigenvalue weighted by Crippen LogP contribution is 2.24. The van der Waals surface area contributed by atoms with Crippen molar-refractivity contribution < 1.29 is 22.7 Å². The van der Waals surface area contributed by atoms with Gasteiger partial charge in [0.25, 0.3) is 5.56 Å². The topological polar surface area (TPSA) is 65.6 Å². The Morgan fingerprint density at radius 1 is 1.19 bits per heavy atom. The van der Waals surface area contributed by atoms with Crippen molar-refractivity contribution in [2.45, 2.75) is 38.4 Å². The summed E-state index contributed by atoms with van der Waals surface area (Å²) in [7, 11) is 0. The van der Waals surface area contributed by atoms with Gasteiger partial charge in [-0.05, 0) is 18.6 Å². The van der Waals surface area contributed by atoms with Crippen LogP contribution in [0.1, 0.15) is 24.8 Å². The number of carbonyl (C=O) groups excluding carboxylic acids is 1. The van der Waals surface area contributed by atoms with Crippen molar-refractivity contribution in [1.29, 1.82) is 0 Å². The molecule has 1 aliphatic rings. The molecule has 1 aliphatic heterocycles. The van der Waals surface area contributed by atoms with E-state index in [0.717, 1.165) is 0 Å². The van der Waals surface area contributed by atoms with E-state index in [2.05, 4.69) is 4.98 Å². The molecule has 32 heavy (non-hydrogen) atoms. The number of halogens is 4. The predicted molar refractivity (Wildman–Crippen MR) is 113 cm³/mol. The van der Waals surface area contributed by atoms with Gasteiger partial charge in [-0.3, -0.25) is 14.0 Å². The van der Waals surface area contributed by atoms with E-state index in [1.807, 2.05) is 0 Å². The van der Waals surface area contributed by atoms with Crippen LogP contribution in [0.25, 0.3) is 17.0 Å². The highest BCUT2D eigenvalue weighted by molar-refractivity contribution is 6.30. The van der Waals surface area contributed by atoms with Crippen molar-refractivity contribution >= 4 is 23.2 Å². The van der Waals surface area contributed by atoms with Gasteiger partial charge in [0.2, 0.25) is 5.78 Å². The SMILES string of the molecule is O=C(Cc1cn(CCCC(F)(F)F)c2nc(-c3ccc(Cl)cc3)cn2c1=O)CC1COC1. The molecule has 0 bridgehead atoms. The van der Waals surface area contributed by atoms with E-state index in [1.165, 1.54) is 21.4 Å². The second-order valence-corrected chi connectivity index (χ2v) is 8.43. The van der Waals surface area contributed by atoms with Crippen LogP contribution in [0.3, 0.4) is 0 Å². The molecule has 0 N–H and O–H groups in total. The molecule has 0 saturated carbocycles. The smallest absolute Gasteiger partial charge is 0.381 e. The Morgan fingerprint density at radius 2 is 1.91 bits per heavy atom. The summed E-state index contributed by atoms with van der Waals surface area (Å²) in [5.74, 6) is 0.283. The standard InChI is InChI=1S/C22H21ClF3N3O3/c23-17-4-2-15(3-5-17)19-11-29-20(31)16(9-18(30)8-14-12-32-13-14)10-28(21(29)27-19)7-1-6-22(24,25)26/h2-5,10-11,14H,1,6-9,12-13H2. The van der Waals surface area contributed by atoms with Crippen LogP contribution in [0, 0.1) is 5.92 Å². The summed E-state index contributed by atoms with van der Waals surface area (Å²) in [6, 6.07) is 6.86. The Balaban J connectivity index is 1.69. The molecule has 4 rings (SSSR count). The molecule has 170 valence electrons. The zero-order valence-electron chi connectivity index (χ0n) is 17.1. The summed E-state index contributed by atoms with van der Waals surface area (Å²) in [5.41, 5.74) is 1.02. The average Bonchev–Trinajstić information content (AvgIpc) is 3.14. The van der Waals surface area contributed by atoms with E-state index in [9.17, 15) is 22.8 Å². The van der Waals surface area contributed by atoms with Gasteiger partial charge in [-0.1, -0.05) is 23.7 Å². The number of Topliss-reactive ketones (excluding diaryl/α,β-unsaturated/α-hetero) is 1. The fourth-order valence-electron chi connectivity index (χ4n) is 3.68. The minimum absolute atomic E-state index is 0.0119. The molecule has 2 aromatic heterocycles. The fraction of sp³-hybridized carbons (Fsp3) is 0.409. The summed E-state index contributed by atoms with van der Waals surface area (Å²) in [6.07, 6.45) is -2.17. The first-order valence-electron chi connectivity index (χ1n) is 10.2. The summed E-state index contributed by atoms with van der Waals surface area (Å²) in [6.45, 7) is 1.06. The molecule has 1 aromatic carbocycles.